The fourth-order valence-electron chi connectivity index (χ4n) is 4.95. The molecule has 7 nitrogen and oxygen atoms in total. The maximum absolute atomic E-state index is 14.6. The number of hydrogen-bond donors (Lipinski definition) is 2. The highest BCUT2D eigenvalue weighted by Crippen LogP contribution is 2.29. The van der Waals surface area contributed by atoms with Crippen LogP contribution < -0.4 is 10.6 Å². The summed E-state index contributed by atoms with van der Waals surface area (Å²) in [4.78, 5) is 43.1. The molecule has 0 radical (unpaired) electrons. The number of alkyl carbamates (subject to hydrolysis) is 1. The van der Waals surface area contributed by atoms with Crippen LogP contribution in [-0.2, 0) is 20.7 Å². The van der Waals surface area contributed by atoms with Crippen LogP contribution in [0, 0.1) is 13.8 Å². The fourth-order valence-corrected chi connectivity index (χ4v) is 4.95. The Bertz CT molecular complexity index is 1090. The molecule has 0 bridgehead atoms. The van der Waals surface area contributed by atoms with Crippen molar-refractivity contribution >= 4 is 17.9 Å². The van der Waals surface area contributed by atoms with Gasteiger partial charge < -0.3 is 20.3 Å². The van der Waals surface area contributed by atoms with E-state index in [-0.39, 0.29) is 18.2 Å². The van der Waals surface area contributed by atoms with Gasteiger partial charge in [-0.2, -0.15) is 0 Å². The summed E-state index contributed by atoms with van der Waals surface area (Å²) in [5.74, 6) is -0.495. The lowest BCUT2D eigenvalue weighted by molar-refractivity contribution is -0.142. The molecule has 0 aliphatic rings. The molecule has 2 rings (SSSR count). The standard InChI is InChI=1S/C34H51N3O4/c1-8-10-12-16-23-37(30(31(38)35-22-11-9-2)29-25(3)18-17-19-26(29)4)32(39)28(24-27-20-14-13-15-21-27)36-33(40)41-34(5,6)7/h13-15,17-21,28,30H,8-12,16,22-24H2,1-7H3,(H,35,38)(H,36,40). The van der Waals surface area contributed by atoms with Crippen LogP contribution in [0.4, 0.5) is 4.79 Å². The van der Waals surface area contributed by atoms with Crippen molar-refractivity contribution in [3.63, 3.8) is 0 Å². The van der Waals surface area contributed by atoms with Gasteiger partial charge >= 0.3 is 6.09 Å². The zero-order valence-electron chi connectivity index (χ0n) is 26.2. The van der Waals surface area contributed by atoms with Gasteiger partial charge in [-0.05, 0) is 69.7 Å². The van der Waals surface area contributed by atoms with E-state index in [0.717, 1.165) is 60.8 Å². The second-order valence-electron chi connectivity index (χ2n) is 11.8. The van der Waals surface area contributed by atoms with Crippen LogP contribution in [0.25, 0.3) is 0 Å². The molecule has 2 aromatic carbocycles. The first-order chi connectivity index (χ1) is 19.5. The SMILES string of the molecule is CCCCCCN(C(=O)C(Cc1ccccc1)NC(=O)OC(C)(C)C)C(C(=O)NCCCC)c1c(C)cccc1C. The largest absolute Gasteiger partial charge is 0.444 e. The van der Waals surface area contributed by atoms with E-state index in [1.54, 1.807) is 25.7 Å². The number of amides is 3. The highest BCUT2D eigenvalue weighted by atomic mass is 16.6. The summed E-state index contributed by atoms with van der Waals surface area (Å²) in [5.41, 5.74) is 2.92. The minimum atomic E-state index is -0.909. The Morgan fingerprint density at radius 3 is 2.07 bits per heavy atom. The zero-order chi connectivity index (χ0) is 30.4. The minimum Gasteiger partial charge on any atom is -0.444 e. The number of hydrogen-bond acceptors (Lipinski definition) is 4. The molecule has 3 amide bonds. The Morgan fingerprint density at radius 2 is 1.49 bits per heavy atom. The Balaban J connectivity index is 2.58. The zero-order valence-corrected chi connectivity index (χ0v) is 26.2. The van der Waals surface area contributed by atoms with E-state index >= 15 is 0 Å². The van der Waals surface area contributed by atoms with Crippen molar-refractivity contribution in [1.29, 1.82) is 0 Å². The van der Waals surface area contributed by atoms with E-state index in [1.807, 2.05) is 62.4 Å². The number of nitrogens with one attached hydrogen (secondary N) is 2. The molecule has 0 fully saturated rings. The first-order valence-corrected chi connectivity index (χ1v) is 15.2. The molecule has 0 heterocycles. The lowest BCUT2D eigenvalue weighted by Gasteiger charge is -2.36. The smallest absolute Gasteiger partial charge is 0.408 e. The molecule has 0 saturated heterocycles. The van der Waals surface area contributed by atoms with Crippen molar-refractivity contribution in [2.75, 3.05) is 13.1 Å². The third kappa shape index (κ3) is 11.2. The predicted octanol–water partition coefficient (Wildman–Crippen LogP) is 6.81. The molecule has 226 valence electrons. The van der Waals surface area contributed by atoms with E-state index in [4.69, 9.17) is 4.74 Å². The molecule has 7 heteroatoms. The number of unbranched alkanes of at least 4 members (excludes halogenated alkanes) is 4. The number of ether oxygens (including phenoxy) is 1. The molecule has 0 spiro atoms. The van der Waals surface area contributed by atoms with Gasteiger partial charge in [0.25, 0.3) is 0 Å². The minimum absolute atomic E-state index is 0.199. The Morgan fingerprint density at radius 1 is 0.854 bits per heavy atom. The van der Waals surface area contributed by atoms with E-state index < -0.39 is 23.8 Å². The maximum Gasteiger partial charge on any atom is 0.408 e. The topological polar surface area (TPSA) is 87.7 Å². The van der Waals surface area contributed by atoms with Crippen molar-refractivity contribution < 1.29 is 19.1 Å². The summed E-state index contributed by atoms with van der Waals surface area (Å²) in [5, 5.41) is 5.94. The Kier molecular flexibility index (Phi) is 13.9. The predicted molar refractivity (Wildman–Crippen MR) is 166 cm³/mol. The summed E-state index contributed by atoms with van der Waals surface area (Å²) in [6.45, 7) is 14.5. The van der Waals surface area contributed by atoms with Gasteiger partial charge in [0.05, 0.1) is 0 Å². The third-order valence-corrected chi connectivity index (χ3v) is 7.01. The number of rotatable bonds is 15. The third-order valence-electron chi connectivity index (χ3n) is 7.01. The summed E-state index contributed by atoms with van der Waals surface area (Å²) in [7, 11) is 0. The molecular weight excluding hydrogens is 514 g/mol. The van der Waals surface area contributed by atoms with Gasteiger partial charge in [0.15, 0.2) is 0 Å². The molecule has 2 atom stereocenters. The first kappa shape index (κ1) is 33.9. The van der Waals surface area contributed by atoms with Crippen molar-refractivity contribution in [2.24, 2.45) is 0 Å². The van der Waals surface area contributed by atoms with Crippen LogP contribution in [0.15, 0.2) is 48.5 Å². The molecule has 41 heavy (non-hydrogen) atoms. The highest BCUT2D eigenvalue weighted by molar-refractivity contribution is 5.92. The number of carbonyl (C=O) groups excluding carboxylic acids is 3. The molecule has 2 N–H and O–H groups in total. The Hall–Kier alpha value is -3.35. The second-order valence-corrected chi connectivity index (χ2v) is 11.8. The highest BCUT2D eigenvalue weighted by Gasteiger charge is 2.37. The van der Waals surface area contributed by atoms with Gasteiger partial charge in [0, 0.05) is 19.5 Å². The summed E-state index contributed by atoms with van der Waals surface area (Å²) >= 11 is 0. The van der Waals surface area contributed by atoms with E-state index in [1.165, 1.54) is 0 Å². The van der Waals surface area contributed by atoms with Gasteiger partial charge in [0.2, 0.25) is 11.8 Å². The van der Waals surface area contributed by atoms with Crippen molar-refractivity contribution in [3.05, 3.63) is 70.8 Å². The molecule has 0 aliphatic carbocycles. The monoisotopic (exact) mass is 565 g/mol. The lowest BCUT2D eigenvalue weighted by Crippen LogP contribution is -2.54. The summed E-state index contributed by atoms with van der Waals surface area (Å²) < 4.78 is 5.55. The molecule has 2 aromatic rings. The van der Waals surface area contributed by atoms with Crippen LogP contribution in [0.2, 0.25) is 0 Å². The quantitative estimate of drug-likeness (QED) is 0.232. The molecule has 0 saturated carbocycles. The number of carbonyl (C=O) groups is 3. The van der Waals surface area contributed by atoms with Gasteiger partial charge in [-0.1, -0.05) is 88.1 Å². The van der Waals surface area contributed by atoms with E-state index in [9.17, 15) is 14.4 Å². The van der Waals surface area contributed by atoms with Crippen molar-refractivity contribution in [3.8, 4) is 0 Å². The van der Waals surface area contributed by atoms with Crippen molar-refractivity contribution in [1.82, 2.24) is 15.5 Å². The average molecular weight is 566 g/mol. The van der Waals surface area contributed by atoms with Gasteiger partial charge in [0.1, 0.15) is 17.7 Å². The maximum atomic E-state index is 14.6. The van der Waals surface area contributed by atoms with Crippen LogP contribution in [-0.4, -0.2) is 47.5 Å². The van der Waals surface area contributed by atoms with Crippen LogP contribution >= 0.6 is 0 Å². The van der Waals surface area contributed by atoms with Crippen LogP contribution in [0.3, 0.4) is 0 Å². The number of aryl methyl sites for hydroxylation is 2. The van der Waals surface area contributed by atoms with Gasteiger partial charge in [-0.3, -0.25) is 9.59 Å². The van der Waals surface area contributed by atoms with Gasteiger partial charge in [-0.15, -0.1) is 0 Å². The number of benzene rings is 2. The normalized spacial score (nSPS) is 12.8. The Labute approximate surface area is 247 Å². The van der Waals surface area contributed by atoms with Crippen LogP contribution in [0.1, 0.15) is 101 Å². The first-order valence-electron chi connectivity index (χ1n) is 15.2. The number of nitrogens with zero attached hydrogens (tertiary/aromatic N) is 1. The van der Waals surface area contributed by atoms with Crippen molar-refractivity contribution in [2.45, 2.75) is 111 Å². The van der Waals surface area contributed by atoms with E-state index in [2.05, 4.69) is 24.5 Å². The summed E-state index contributed by atoms with van der Waals surface area (Å²) in [6, 6.07) is 13.8. The fraction of sp³-hybridized carbons (Fsp3) is 0.559. The van der Waals surface area contributed by atoms with Gasteiger partial charge in [-0.25, -0.2) is 4.79 Å². The second kappa shape index (κ2) is 16.8. The molecule has 2 unspecified atom stereocenters. The van der Waals surface area contributed by atoms with E-state index in [0.29, 0.717) is 13.1 Å². The average Bonchev–Trinajstić information content (AvgIpc) is 2.90. The molecule has 0 aliphatic heterocycles. The molecule has 0 aromatic heterocycles. The van der Waals surface area contributed by atoms with Crippen LogP contribution in [0.5, 0.6) is 0 Å². The summed E-state index contributed by atoms with van der Waals surface area (Å²) in [6.07, 6.45) is 5.23. The molecular formula is C34H51N3O4. The lowest BCUT2D eigenvalue weighted by atomic mass is 9.93.